The summed E-state index contributed by atoms with van der Waals surface area (Å²) in [7, 11) is -5.13. The molecule has 250 valence electrons. The third kappa shape index (κ3) is 11.2. The number of Topliss-reactive ketones (excluding diaryl/α,β-unsaturated/α-hetero) is 1. The molecule has 15 nitrogen and oxygen atoms in total. The van der Waals surface area contributed by atoms with Crippen LogP contribution in [0.25, 0.3) is 5.57 Å². The first kappa shape index (κ1) is 41.0. The number of carboxylic acids is 4. The monoisotopic (exact) mass is 822 g/mol. The van der Waals surface area contributed by atoms with E-state index in [-0.39, 0.29) is 71.9 Å². The zero-order valence-electron chi connectivity index (χ0n) is 24.9. The number of nitrogens with zero attached hydrogens (tertiary/aromatic N) is 2. The molecule has 0 saturated heterocycles. The van der Waals surface area contributed by atoms with Crippen LogP contribution >= 0.6 is 31.9 Å². The van der Waals surface area contributed by atoms with Crippen molar-refractivity contribution in [3.8, 4) is 5.75 Å². The van der Waals surface area contributed by atoms with Crippen LogP contribution in [0.5, 0.6) is 5.75 Å². The van der Waals surface area contributed by atoms with E-state index in [1.54, 1.807) is 0 Å². The maximum Gasteiger partial charge on any atom is 1.00 e. The fourth-order valence-electron chi connectivity index (χ4n) is 4.78. The van der Waals surface area contributed by atoms with E-state index in [1.807, 2.05) is 0 Å². The first-order valence-corrected chi connectivity index (χ1v) is 16.1. The molecule has 0 aromatic heterocycles. The van der Waals surface area contributed by atoms with Gasteiger partial charge in [-0.3, -0.25) is 33.8 Å². The second-order valence-electron chi connectivity index (χ2n) is 10.1. The molecular formula is C29H25Br2N2NaO13S. The number of halogens is 2. The number of carboxylic acid groups (broad SMARTS) is 4. The van der Waals surface area contributed by atoms with Crippen molar-refractivity contribution in [2.45, 2.75) is 11.4 Å². The van der Waals surface area contributed by atoms with Gasteiger partial charge in [-0.2, -0.15) is 0 Å². The molecule has 0 amide bonds. The zero-order valence-corrected chi connectivity index (χ0v) is 30.9. The van der Waals surface area contributed by atoms with E-state index in [4.69, 9.17) is 0 Å². The van der Waals surface area contributed by atoms with Crippen LogP contribution in [0.3, 0.4) is 0 Å². The van der Waals surface area contributed by atoms with Crippen molar-refractivity contribution in [2.24, 2.45) is 0 Å². The Morgan fingerprint density at radius 1 is 0.792 bits per heavy atom. The van der Waals surface area contributed by atoms with Gasteiger partial charge in [0.2, 0.25) is 0 Å². The molecule has 0 aliphatic heterocycles. The minimum Gasteiger partial charge on any atom is -0.744 e. The summed E-state index contributed by atoms with van der Waals surface area (Å²) in [5.74, 6) is -6.46. The second-order valence-corrected chi connectivity index (χ2v) is 13.2. The average Bonchev–Trinajstić information content (AvgIpc) is 2.92. The van der Waals surface area contributed by atoms with E-state index >= 15 is 0 Å². The summed E-state index contributed by atoms with van der Waals surface area (Å²) < 4.78 is 37.1. The van der Waals surface area contributed by atoms with Gasteiger partial charge in [-0.15, -0.1) is 0 Å². The first-order chi connectivity index (χ1) is 21.9. The Morgan fingerprint density at radius 3 is 1.79 bits per heavy atom. The first-order valence-electron chi connectivity index (χ1n) is 13.1. The summed E-state index contributed by atoms with van der Waals surface area (Å²) in [6.07, 6.45) is 2.57. The molecular weight excluding hydrogens is 799 g/mol. The van der Waals surface area contributed by atoms with Gasteiger partial charge in [-0.05, 0) is 78.9 Å². The molecule has 0 heterocycles. The van der Waals surface area contributed by atoms with Crippen molar-refractivity contribution in [1.82, 2.24) is 9.80 Å². The van der Waals surface area contributed by atoms with Crippen molar-refractivity contribution >= 4 is 77.2 Å². The number of ketones is 1. The third-order valence-corrected chi connectivity index (χ3v) is 8.58. The standard InChI is InChI=1S/C29H26Br2N2O13S.Na/c30-20-7-15(5-17(28(20)42)9-32(11-23(34)35)12-24(36)37)27(19-3-1-2-4-22(19)47(44,45)46)16-6-18(29(43)21(31)8-16)10-33(13-25(38)39)14-26(40)41;/h1-8,42H,9-14H2,(H,34,35)(H,36,37)(H,38,39)(H,40,41)(H,44,45,46);/q;+1/p-1/b27-16+;. The molecule has 0 radical (unpaired) electrons. The van der Waals surface area contributed by atoms with E-state index in [0.29, 0.717) is 0 Å². The summed E-state index contributed by atoms with van der Waals surface area (Å²) in [5, 5.41) is 48.0. The van der Waals surface area contributed by atoms with Gasteiger partial charge in [0.1, 0.15) is 15.9 Å². The Bertz CT molecular complexity index is 1830. The van der Waals surface area contributed by atoms with Gasteiger partial charge >= 0.3 is 53.4 Å². The van der Waals surface area contributed by atoms with Crippen LogP contribution in [0.1, 0.15) is 16.7 Å². The fourth-order valence-corrected chi connectivity index (χ4v) is 6.47. The number of carbonyl (C=O) groups excluding carboxylic acids is 1. The molecule has 0 unspecified atom stereocenters. The van der Waals surface area contributed by atoms with Crippen LogP contribution in [0, 0.1) is 0 Å². The van der Waals surface area contributed by atoms with E-state index in [9.17, 15) is 62.5 Å². The quantitative estimate of drug-likeness (QED) is 0.108. The molecule has 0 fully saturated rings. The summed E-state index contributed by atoms with van der Waals surface area (Å²) >= 11 is 6.36. The van der Waals surface area contributed by atoms with E-state index in [2.05, 4.69) is 31.9 Å². The van der Waals surface area contributed by atoms with Gasteiger partial charge in [0, 0.05) is 29.8 Å². The van der Waals surface area contributed by atoms with Gasteiger partial charge in [0.05, 0.1) is 40.0 Å². The predicted octanol–water partition coefficient (Wildman–Crippen LogP) is -0.905. The summed E-state index contributed by atoms with van der Waals surface area (Å²) in [6.45, 7) is -3.77. The molecule has 48 heavy (non-hydrogen) atoms. The number of hydrogen-bond donors (Lipinski definition) is 5. The van der Waals surface area contributed by atoms with Crippen molar-refractivity contribution in [3.05, 3.63) is 85.3 Å². The summed E-state index contributed by atoms with van der Waals surface area (Å²) in [4.78, 5) is 60.0. The Kier molecular flexibility index (Phi) is 14.9. The fraction of sp³-hybridized carbons (Fsp3) is 0.207. The molecule has 5 N–H and O–H groups in total. The number of phenolic OH excluding ortho intramolecular Hbond substituents is 1. The van der Waals surface area contributed by atoms with Gasteiger partial charge in [-0.1, -0.05) is 18.2 Å². The number of aromatic hydroxyl groups is 1. The Balaban J connectivity index is 0.00000800. The Hall–Kier alpha value is -3.20. The molecule has 2 aromatic carbocycles. The van der Waals surface area contributed by atoms with E-state index in [1.165, 1.54) is 42.5 Å². The smallest absolute Gasteiger partial charge is 0.744 e. The number of aliphatic carboxylic acids is 4. The van der Waals surface area contributed by atoms with Gasteiger partial charge < -0.3 is 30.1 Å². The van der Waals surface area contributed by atoms with Crippen LogP contribution < -0.4 is 29.6 Å². The Morgan fingerprint density at radius 2 is 1.29 bits per heavy atom. The predicted molar refractivity (Wildman–Crippen MR) is 169 cm³/mol. The normalized spacial score (nSPS) is 14.2. The molecule has 0 spiro atoms. The molecule has 19 heteroatoms. The van der Waals surface area contributed by atoms with Crippen molar-refractivity contribution in [1.29, 1.82) is 0 Å². The summed E-state index contributed by atoms with van der Waals surface area (Å²) in [6, 6.07) is 7.76. The molecule has 0 atom stereocenters. The van der Waals surface area contributed by atoms with Crippen molar-refractivity contribution < 1.29 is 92.0 Å². The van der Waals surface area contributed by atoms with Gasteiger partial charge in [0.15, 0.2) is 5.78 Å². The topological polar surface area (TPSA) is 250 Å². The minimum atomic E-state index is -5.13. The van der Waals surface area contributed by atoms with Crippen LogP contribution in [0.4, 0.5) is 0 Å². The molecule has 3 rings (SSSR count). The average molecular weight is 824 g/mol. The largest absolute Gasteiger partial charge is 1.00 e. The zero-order chi connectivity index (χ0) is 35.2. The number of benzene rings is 2. The van der Waals surface area contributed by atoms with Crippen LogP contribution in [-0.2, 0) is 40.6 Å². The number of hydrogen-bond acceptors (Lipinski definition) is 11. The Labute approximate surface area is 312 Å². The summed E-state index contributed by atoms with van der Waals surface area (Å²) in [5.41, 5.74) is -0.00605. The van der Waals surface area contributed by atoms with Gasteiger partial charge in [0.25, 0.3) is 0 Å². The van der Waals surface area contributed by atoms with Crippen molar-refractivity contribution in [3.63, 3.8) is 0 Å². The third-order valence-electron chi connectivity index (χ3n) is 6.49. The maximum absolute atomic E-state index is 13.1. The molecule has 1 aliphatic rings. The van der Waals surface area contributed by atoms with E-state index in [0.717, 1.165) is 15.9 Å². The number of rotatable bonds is 15. The molecule has 0 saturated carbocycles. The van der Waals surface area contributed by atoms with Crippen molar-refractivity contribution in [2.75, 3.05) is 32.7 Å². The van der Waals surface area contributed by atoms with Crippen LogP contribution in [0.2, 0.25) is 0 Å². The number of phenols is 1. The number of carbonyl (C=O) groups is 5. The molecule has 0 bridgehead atoms. The minimum absolute atomic E-state index is 0. The van der Waals surface area contributed by atoms with Crippen LogP contribution in [0.15, 0.2) is 73.5 Å². The van der Waals surface area contributed by atoms with Crippen LogP contribution in [-0.4, -0.2) is 111 Å². The molecule has 1 aliphatic carbocycles. The second kappa shape index (κ2) is 17.5. The molecule has 2 aromatic rings. The maximum atomic E-state index is 13.1. The van der Waals surface area contributed by atoms with E-state index < -0.39 is 89.7 Å². The number of allylic oxidation sites excluding steroid dienone is 4. The SMILES string of the molecule is O=C(O)CN(CC(=O)O)CC1=C/C(=C(/c2cc(Br)c(O)c(CN(CC(=O)O)CC(=O)O)c2)c2ccccc2S(=O)(=O)[O-])C=C(Br)C1=O.[Na+]. The van der Waals surface area contributed by atoms with Gasteiger partial charge in [-0.25, -0.2) is 8.42 Å².